The lowest BCUT2D eigenvalue weighted by molar-refractivity contribution is -0.137. The highest BCUT2D eigenvalue weighted by Crippen LogP contribution is 2.41. The molecule has 0 radical (unpaired) electrons. The number of fused-ring (bicyclic) bond motifs is 1. The highest BCUT2D eigenvalue weighted by atomic mass is 16.5. The van der Waals surface area contributed by atoms with Crippen LogP contribution in [-0.2, 0) is 17.6 Å². The van der Waals surface area contributed by atoms with Crippen molar-refractivity contribution in [3.63, 3.8) is 0 Å². The fraction of sp³-hybridized carbons (Fsp3) is 0.517. The molecular formula is C29H37NO7. The number of carbonyl (C=O) groups is 2. The average molecular weight is 512 g/mol. The summed E-state index contributed by atoms with van der Waals surface area (Å²) in [4.78, 5) is 23.2. The van der Waals surface area contributed by atoms with Gasteiger partial charge in [-0.1, -0.05) is 6.07 Å². The Bertz CT molecular complexity index is 1130. The first-order valence-corrected chi connectivity index (χ1v) is 13.1. The van der Waals surface area contributed by atoms with Crippen molar-refractivity contribution in [1.29, 1.82) is 0 Å². The van der Waals surface area contributed by atoms with Crippen molar-refractivity contribution < 1.29 is 33.6 Å². The number of hydrogen-bond acceptors (Lipinski definition) is 6. The lowest BCUT2D eigenvalue weighted by Crippen LogP contribution is -2.24. The predicted molar refractivity (Wildman–Crippen MR) is 139 cm³/mol. The van der Waals surface area contributed by atoms with Crippen LogP contribution in [0.5, 0.6) is 23.0 Å². The molecule has 1 saturated carbocycles. The Labute approximate surface area is 218 Å². The van der Waals surface area contributed by atoms with E-state index in [0.29, 0.717) is 43.3 Å². The van der Waals surface area contributed by atoms with Gasteiger partial charge < -0.3 is 29.4 Å². The Kier molecular flexibility index (Phi) is 8.79. The summed E-state index contributed by atoms with van der Waals surface area (Å²) < 4.78 is 24.0. The van der Waals surface area contributed by atoms with Gasteiger partial charge in [0.1, 0.15) is 23.0 Å². The normalized spacial score (nSPS) is 16.4. The van der Waals surface area contributed by atoms with Gasteiger partial charge in [0, 0.05) is 31.0 Å². The SMILES string of the molecule is CNC(=O)c1ccc(OCCCOc2ccc3c(c2C)OC(CCC(=O)O)CC3)c(CC2CC2)c1OC. The Morgan fingerprint density at radius 2 is 1.81 bits per heavy atom. The van der Waals surface area contributed by atoms with Crippen LogP contribution in [-0.4, -0.2) is 50.5 Å². The summed E-state index contributed by atoms with van der Waals surface area (Å²) in [5.74, 6) is 2.57. The number of nitrogens with one attached hydrogen (secondary N) is 1. The molecule has 0 spiro atoms. The molecule has 0 saturated heterocycles. The number of aryl methyl sites for hydroxylation is 1. The topological polar surface area (TPSA) is 103 Å². The predicted octanol–water partition coefficient (Wildman–Crippen LogP) is 4.72. The van der Waals surface area contributed by atoms with Gasteiger partial charge in [-0.25, -0.2) is 0 Å². The summed E-state index contributed by atoms with van der Waals surface area (Å²) in [6, 6.07) is 7.62. The van der Waals surface area contributed by atoms with Crippen LogP contribution in [0.25, 0.3) is 0 Å². The Morgan fingerprint density at radius 3 is 2.49 bits per heavy atom. The zero-order chi connectivity index (χ0) is 26.4. The maximum absolute atomic E-state index is 12.3. The van der Waals surface area contributed by atoms with Crippen LogP contribution in [0.2, 0.25) is 0 Å². The minimum atomic E-state index is -0.800. The third kappa shape index (κ3) is 6.67. The lowest BCUT2D eigenvalue weighted by atomic mass is 9.97. The van der Waals surface area contributed by atoms with E-state index in [2.05, 4.69) is 5.32 Å². The van der Waals surface area contributed by atoms with E-state index in [0.717, 1.165) is 53.2 Å². The van der Waals surface area contributed by atoms with Crippen molar-refractivity contribution >= 4 is 11.9 Å². The van der Waals surface area contributed by atoms with Crippen LogP contribution < -0.4 is 24.3 Å². The molecule has 1 heterocycles. The molecule has 1 aliphatic carbocycles. The van der Waals surface area contributed by atoms with E-state index >= 15 is 0 Å². The van der Waals surface area contributed by atoms with E-state index in [1.165, 1.54) is 12.8 Å². The number of aliphatic carboxylic acids is 1. The van der Waals surface area contributed by atoms with Crippen molar-refractivity contribution in [2.24, 2.45) is 5.92 Å². The third-order valence-corrected chi connectivity index (χ3v) is 7.02. The second-order valence-electron chi connectivity index (χ2n) is 9.79. The molecule has 2 N–H and O–H groups in total. The summed E-state index contributed by atoms with van der Waals surface area (Å²) in [5.41, 5.74) is 3.55. The zero-order valence-electron chi connectivity index (χ0n) is 21.9. The summed E-state index contributed by atoms with van der Waals surface area (Å²) in [5, 5.41) is 11.6. The van der Waals surface area contributed by atoms with E-state index in [4.69, 9.17) is 24.1 Å². The number of amides is 1. The second-order valence-corrected chi connectivity index (χ2v) is 9.79. The Morgan fingerprint density at radius 1 is 1.08 bits per heavy atom. The van der Waals surface area contributed by atoms with Crippen LogP contribution >= 0.6 is 0 Å². The molecule has 2 aromatic rings. The monoisotopic (exact) mass is 511 g/mol. The van der Waals surface area contributed by atoms with Crippen LogP contribution in [0.4, 0.5) is 0 Å². The van der Waals surface area contributed by atoms with Gasteiger partial charge in [0.2, 0.25) is 0 Å². The summed E-state index contributed by atoms with van der Waals surface area (Å²) in [6.07, 6.45) is 6.13. The smallest absolute Gasteiger partial charge is 0.303 e. The highest BCUT2D eigenvalue weighted by Gasteiger charge is 2.28. The largest absolute Gasteiger partial charge is 0.495 e. The average Bonchev–Trinajstić information content (AvgIpc) is 3.72. The summed E-state index contributed by atoms with van der Waals surface area (Å²) >= 11 is 0. The fourth-order valence-electron chi connectivity index (χ4n) is 4.80. The van der Waals surface area contributed by atoms with Crippen LogP contribution in [0.3, 0.4) is 0 Å². The van der Waals surface area contributed by atoms with Crippen molar-refractivity contribution in [3.8, 4) is 23.0 Å². The molecule has 8 nitrogen and oxygen atoms in total. The maximum Gasteiger partial charge on any atom is 0.303 e. The minimum Gasteiger partial charge on any atom is -0.495 e. The molecule has 2 aromatic carbocycles. The van der Waals surface area contributed by atoms with Crippen molar-refractivity contribution in [2.45, 2.75) is 64.4 Å². The molecule has 1 amide bonds. The first-order chi connectivity index (χ1) is 17.9. The molecule has 37 heavy (non-hydrogen) atoms. The van der Waals surface area contributed by atoms with E-state index in [1.54, 1.807) is 20.2 Å². The first-order valence-electron chi connectivity index (χ1n) is 13.1. The molecule has 8 heteroatoms. The van der Waals surface area contributed by atoms with Gasteiger partial charge in [-0.15, -0.1) is 0 Å². The minimum absolute atomic E-state index is 0.0810. The van der Waals surface area contributed by atoms with Crippen LogP contribution in [0.15, 0.2) is 24.3 Å². The second kappa shape index (κ2) is 12.2. The number of carboxylic acid groups (broad SMARTS) is 1. The van der Waals surface area contributed by atoms with Gasteiger partial charge in [-0.2, -0.15) is 0 Å². The fourth-order valence-corrected chi connectivity index (χ4v) is 4.80. The van der Waals surface area contributed by atoms with Crippen molar-refractivity contribution in [1.82, 2.24) is 5.32 Å². The van der Waals surface area contributed by atoms with Crippen molar-refractivity contribution in [2.75, 3.05) is 27.4 Å². The molecule has 1 fully saturated rings. The van der Waals surface area contributed by atoms with E-state index in [-0.39, 0.29) is 18.4 Å². The van der Waals surface area contributed by atoms with Gasteiger partial charge in [-0.05, 0) is 75.1 Å². The molecule has 1 unspecified atom stereocenters. The number of methoxy groups -OCH3 is 1. The number of benzene rings is 2. The number of rotatable bonds is 13. The van der Waals surface area contributed by atoms with Gasteiger partial charge >= 0.3 is 5.97 Å². The van der Waals surface area contributed by atoms with Gasteiger partial charge in [0.05, 0.1) is 32.0 Å². The summed E-state index contributed by atoms with van der Waals surface area (Å²) in [7, 11) is 3.20. The van der Waals surface area contributed by atoms with Gasteiger partial charge in [-0.3, -0.25) is 9.59 Å². The lowest BCUT2D eigenvalue weighted by Gasteiger charge is -2.28. The number of ether oxygens (including phenoxy) is 4. The Balaban J connectivity index is 1.34. The highest BCUT2D eigenvalue weighted by molar-refractivity contribution is 5.97. The third-order valence-electron chi connectivity index (χ3n) is 7.02. The number of carboxylic acids is 1. The quantitative estimate of drug-likeness (QED) is 0.375. The molecular weight excluding hydrogens is 474 g/mol. The first kappa shape index (κ1) is 26.6. The van der Waals surface area contributed by atoms with Crippen LogP contribution in [0.1, 0.15) is 65.6 Å². The zero-order valence-corrected chi connectivity index (χ0v) is 21.9. The molecule has 1 atom stereocenters. The molecule has 200 valence electrons. The number of hydrogen-bond donors (Lipinski definition) is 2. The molecule has 2 aliphatic rings. The van der Waals surface area contributed by atoms with E-state index < -0.39 is 5.97 Å². The van der Waals surface area contributed by atoms with Crippen LogP contribution in [0, 0.1) is 12.8 Å². The summed E-state index contributed by atoms with van der Waals surface area (Å²) in [6.45, 7) is 2.93. The van der Waals surface area contributed by atoms with Gasteiger partial charge in [0.25, 0.3) is 5.91 Å². The number of carbonyl (C=O) groups excluding carboxylic acids is 1. The van der Waals surface area contributed by atoms with E-state index in [9.17, 15) is 9.59 Å². The van der Waals surface area contributed by atoms with Gasteiger partial charge in [0.15, 0.2) is 0 Å². The molecule has 0 aromatic heterocycles. The maximum atomic E-state index is 12.3. The van der Waals surface area contributed by atoms with E-state index in [1.807, 2.05) is 25.1 Å². The molecule has 1 aliphatic heterocycles. The standard InChI is InChI=1S/C29H37NO7/c1-18-24(12-8-20-7-9-21(37-27(18)20)10-14-26(31)32)35-15-4-16-36-25-13-11-22(29(33)30-2)28(34-3)23(25)17-19-5-6-19/h8,11-13,19,21H,4-7,9-10,14-17H2,1-3H3,(H,30,33)(H,31,32). The molecule has 4 rings (SSSR count). The molecule has 0 bridgehead atoms. The Hall–Kier alpha value is -3.42. The van der Waals surface area contributed by atoms with Crippen molar-refractivity contribution in [3.05, 3.63) is 46.5 Å².